The number of urea groups is 1. The quantitative estimate of drug-likeness (QED) is 0.774. The summed E-state index contributed by atoms with van der Waals surface area (Å²) in [5.74, 6) is 0. The lowest BCUT2D eigenvalue weighted by Crippen LogP contribution is -2.43. The van der Waals surface area contributed by atoms with Crippen molar-refractivity contribution in [1.29, 1.82) is 0 Å². The Balaban J connectivity index is 1.50. The van der Waals surface area contributed by atoms with Gasteiger partial charge >= 0.3 is 6.03 Å². The van der Waals surface area contributed by atoms with E-state index in [9.17, 15) is 4.79 Å². The van der Waals surface area contributed by atoms with Crippen molar-refractivity contribution < 1.29 is 4.79 Å². The average molecular weight is 341 g/mol. The summed E-state index contributed by atoms with van der Waals surface area (Å²) in [5, 5.41) is 3.62. The van der Waals surface area contributed by atoms with Gasteiger partial charge in [0, 0.05) is 24.1 Å². The molecule has 3 aromatic rings. The first-order chi connectivity index (χ1) is 11.6. The summed E-state index contributed by atoms with van der Waals surface area (Å²) in [5.41, 5.74) is 3.81. The van der Waals surface area contributed by atoms with Crippen LogP contribution in [0, 0.1) is 0 Å². The maximum absolute atomic E-state index is 12.6. The van der Waals surface area contributed by atoms with Gasteiger partial charge in [-0.3, -0.25) is 4.90 Å². The van der Waals surface area contributed by atoms with Crippen molar-refractivity contribution in [3.63, 3.8) is 0 Å². The first kappa shape index (κ1) is 15.0. The molecule has 6 heteroatoms. The predicted octanol–water partition coefficient (Wildman–Crippen LogP) is 3.65. The average Bonchev–Trinajstić information content (AvgIpc) is 3.11. The second-order valence-corrected chi connectivity index (χ2v) is 6.49. The molecule has 0 bridgehead atoms. The summed E-state index contributed by atoms with van der Waals surface area (Å²) in [7, 11) is 0. The van der Waals surface area contributed by atoms with Gasteiger partial charge < -0.3 is 9.72 Å². The second kappa shape index (κ2) is 5.83. The monoisotopic (exact) mass is 340 g/mol. The Bertz CT molecular complexity index is 920. The van der Waals surface area contributed by atoms with E-state index in [-0.39, 0.29) is 12.1 Å². The standard InChI is InChI=1S/C18H17ClN4O/c1-12-8-13-4-2-3-5-16(13)23(12)18(24)20-9-15-11-22-10-14(19)6-7-17(22)21-15/h2-7,10-12H,8-9H2,1H3,(H,20,24). The normalized spacial score (nSPS) is 16.4. The number of imidazole rings is 1. The number of carbonyl (C=O) groups excluding carboxylic acids is 1. The summed E-state index contributed by atoms with van der Waals surface area (Å²) in [6.07, 6.45) is 4.56. The van der Waals surface area contributed by atoms with Crippen LogP contribution in [0.3, 0.4) is 0 Å². The van der Waals surface area contributed by atoms with E-state index < -0.39 is 0 Å². The summed E-state index contributed by atoms with van der Waals surface area (Å²) in [6, 6.07) is 11.8. The number of fused-ring (bicyclic) bond motifs is 2. The third kappa shape index (κ3) is 2.61. The van der Waals surface area contributed by atoms with Crippen LogP contribution >= 0.6 is 11.6 Å². The molecule has 2 aromatic heterocycles. The third-order valence-corrected chi connectivity index (χ3v) is 4.54. The van der Waals surface area contributed by atoms with Crippen LogP contribution in [0.25, 0.3) is 5.65 Å². The largest absolute Gasteiger partial charge is 0.332 e. The van der Waals surface area contributed by atoms with Crippen LogP contribution in [0.4, 0.5) is 10.5 Å². The van der Waals surface area contributed by atoms with Crippen molar-refractivity contribution in [2.24, 2.45) is 0 Å². The van der Waals surface area contributed by atoms with Gasteiger partial charge in [0.1, 0.15) is 5.65 Å². The highest BCUT2D eigenvalue weighted by molar-refractivity contribution is 6.30. The lowest BCUT2D eigenvalue weighted by atomic mass is 10.1. The Labute approximate surface area is 144 Å². The van der Waals surface area contributed by atoms with Gasteiger partial charge in [-0.05, 0) is 37.1 Å². The number of amides is 2. The fraction of sp³-hybridized carbons (Fsp3) is 0.222. The minimum atomic E-state index is -0.0949. The van der Waals surface area contributed by atoms with E-state index in [1.807, 2.05) is 39.8 Å². The number of benzene rings is 1. The van der Waals surface area contributed by atoms with Crippen LogP contribution in [-0.4, -0.2) is 21.5 Å². The molecule has 1 N–H and O–H groups in total. The zero-order valence-electron chi connectivity index (χ0n) is 13.2. The number of halogens is 1. The van der Waals surface area contributed by atoms with Gasteiger partial charge in [-0.1, -0.05) is 29.8 Å². The number of hydrogen-bond donors (Lipinski definition) is 1. The number of pyridine rings is 1. The van der Waals surface area contributed by atoms with E-state index in [0.717, 1.165) is 23.4 Å². The van der Waals surface area contributed by atoms with E-state index in [0.29, 0.717) is 11.6 Å². The molecule has 0 radical (unpaired) electrons. The van der Waals surface area contributed by atoms with E-state index in [4.69, 9.17) is 11.6 Å². The molecular formula is C18H17ClN4O. The van der Waals surface area contributed by atoms with Crippen molar-refractivity contribution in [2.45, 2.75) is 25.9 Å². The van der Waals surface area contributed by atoms with E-state index in [1.54, 1.807) is 12.3 Å². The fourth-order valence-electron chi connectivity index (χ4n) is 3.23. The molecule has 0 aliphatic carbocycles. The topological polar surface area (TPSA) is 49.6 Å². The van der Waals surface area contributed by atoms with Crippen LogP contribution in [0.15, 0.2) is 48.8 Å². The molecule has 122 valence electrons. The SMILES string of the molecule is CC1Cc2ccccc2N1C(=O)NCc1cn2cc(Cl)ccc2n1. The van der Waals surface area contributed by atoms with Gasteiger partial charge in [0.15, 0.2) is 0 Å². The maximum atomic E-state index is 12.6. The number of hydrogen-bond acceptors (Lipinski definition) is 2. The second-order valence-electron chi connectivity index (χ2n) is 6.06. The van der Waals surface area contributed by atoms with Crippen LogP contribution in [0.5, 0.6) is 0 Å². The van der Waals surface area contributed by atoms with Gasteiger partial charge in [0.2, 0.25) is 0 Å². The molecular weight excluding hydrogens is 324 g/mol. The smallest absolute Gasteiger partial charge is 0.322 e. The molecule has 5 nitrogen and oxygen atoms in total. The highest BCUT2D eigenvalue weighted by Gasteiger charge is 2.30. The zero-order chi connectivity index (χ0) is 16.7. The number of aromatic nitrogens is 2. The minimum Gasteiger partial charge on any atom is -0.332 e. The molecule has 0 spiro atoms. The molecule has 1 atom stereocenters. The highest BCUT2D eigenvalue weighted by Crippen LogP contribution is 2.31. The van der Waals surface area contributed by atoms with Gasteiger partial charge in [0.05, 0.1) is 17.3 Å². The van der Waals surface area contributed by atoms with Gasteiger partial charge in [-0.2, -0.15) is 0 Å². The first-order valence-electron chi connectivity index (χ1n) is 7.90. The Morgan fingerprint density at radius 1 is 1.29 bits per heavy atom. The fourth-order valence-corrected chi connectivity index (χ4v) is 3.40. The third-order valence-electron chi connectivity index (χ3n) is 4.31. The maximum Gasteiger partial charge on any atom is 0.322 e. The number of carbonyl (C=O) groups is 1. The minimum absolute atomic E-state index is 0.0949. The molecule has 1 unspecified atom stereocenters. The Morgan fingerprint density at radius 2 is 2.12 bits per heavy atom. The number of rotatable bonds is 2. The molecule has 1 aromatic carbocycles. The van der Waals surface area contributed by atoms with Crippen LogP contribution in [0.1, 0.15) is 18.2 Å². The van der Waals surface area contributed by atoms with Crippen LogP contribution < -0.4 is 10.2 Å². The number of anilines is 1. The molecule has 0 fully saturated rings. The number of para-hydroxylation sites is 1. The molecule has 3 heterocycles. The Morgan fingerprint density at radius 3 is 3.00 bits per heavy atom. The Kier molecular flexibility index (Phi) is 3.65. The molecule has 0 saturated carbocycles. The van der Waals surface area contributed by atoms with Crippen LogP contribution in [0.2, 0.25) is 5.02 Å². The molecule has 4 rings (SSSR count). The molecule has 1 aliphatic heterocycles. The number of nitrogens with one attached hydrogen (secondary N) is 1. The Hall–Kier alpha value is -2.53. The molecule has 24 heavy (non-hydrogen) atoms. The molecule has 1 aliphatic rings. The van der Waals surface area contributed by atoms with Crippen LogP contribution in [-0.2, 0) is 13.0 Å². The van der Waals surface area contributed by atoms with E-state index in [1.165, 1.54) is 5.56 Å². The van der Waals surface area contributed by atoms with Crippen molar-refractivity contribution >= 4 is 29.0 Å². The summed E-state index contributed by atoms with van der Waals surface area (Å²) in [4.78, 5) is 18.9. The number of nitrogens with zero attached hydrogens (tertiary/aromatic N) is 3. The van der Waals surface area contributed by atoms with Gasteiger partial charge in [-0.25, -0.2) is 9.78 Å². The van der Waals surface area contributed by atoms with E-state index in [2.05, 4.69) is 23.3 Å². The molecule has 0 saturated heterocycles. The lowest BCUT2D eigenvalue weighted by Gasteiger charge is -2.22. The molecule has 2 amide bonds. The highest BCUT2D eigenvalue weighted by atomic mass is 35.5. The zero-order valence-corrected chi connectivity index (χ0v) is 14.0. The summed E-state index contributed by atoms with van der Waals surface area (Å²) in [6.45, 7) is 2.44. The predicted molar refractivity (Wildman–Crippen MR) is 94.5 cm³/mol. The van der Waals surface area contributed by atoms with E-state index >= 15 is 0 Å². The van der Waals surface area contributed by atoms with Crippen molar-refractivity contribution in [2.75, 3.05) is 4.90 Å². The summed E-state index contributed by atoms with van der Waals surface area (Å²) >= 11 is 5.98. The first-order valence-corrected chi connectivity index (χ1v) is 8.28. The van der Waals surface area contributed by atoms with Crippen molar-refractivity contribution in [3.8, 4) is 0 Å². The van der Waals surface area contributed by atoms with Gasteiger partial charge in [0.25, 0.3) is 0 Å². The lowest BCUT2D eigenvalue weighted by molar-refractivity contribution is 0.244. The van der Waals surface area contributed by atoms with Gasteiger partial charge in [-0.15, -0.1) is 0 Å². The van der Waals surface area contributed by atoms with Crippen molar-refractivity contribution in [3.05, 3.63) is 65.1 Å². The van der Waals surface area contributed by atoms with Crippen molar-refractivity contribution in [1.82, 2.24) is 14.7 Å². The summed E-state index contributed by atoms with van der Waals surface area (Å²) < 4.78 is 1.86.